The fourth-order valence-electron chi connectivity index (χ4n) is 5.14. The van der Waals surface area contributed by atoms with E-state index in [0.717, 1.165) is 19.4 Å². The van der Waals surface area contributed by atoms with Crippen LogP contribution in [0.2, 0.25) is 0 Å². The van der Waals surface area contributed by atoms with Gasteiger partial charge in [0.1, 0.15) is 18.1 Å². The predicted molar refractivity (Wildman–Crippen MR) is 102 cm³/mol. The summed E-state index contributed by atoms with van der Waals surface area (Å²) in [5.74, 6) is 0.196. The third-order valence-electron chi connectivity index (χ3n) is 6.77. The lowest BCUT2D eigenvalue weighted by atomic mass is 9.62. The molecule has 4 rings (SSSR count). The van der Waals surface area contributed by atoms with Crippen molar-refractivity contribution in [3.63, 3.8) is 0 Å². The van der Waals surface area contributed by atoms with E-state index in [4.69, 9.17) is 4.74 Å². The second-order valence-corrected chi connectivity index (χ2v) is 8.60. The fourth-order valence-corrected chi connectivity index (χ4v) is 5.14. The highest BCUT2D eigenvalue weighted by Crippen LogP contribution is 2.52. The molecule has 138 valence electrons. The zero-order chi connectivity index (χ0) is 18.3. The Labute approximate surface area is 156 Å². The molecule has 0 radical (unpaired) electrons. The maximum Gasteiger partial charge on any atom is 0.315 e. The second kappa shape index (κ2) is 6.70. The zero-order valence-corrected chi connectivity index (χ0v) is 16.1. The standard InChI is InChI=1S/C23H29NO2/c1-15-8-7-11-23(3)13-21-18(12-20(15)23)19(22(25)26-21)14-24-16(2)17-9-5-4-6-10-17/h4-6,8-10,12,16,18-19,21,24H,7,11,13-14H2,1-3H3/p+1/t16-,18+,19+,21+,23+/m0/s1. The van der Waals surface area contributed by atoms with Crippen molar-refractivity contribution in [2.75, 3.05) is 6.54 Å². The molecule has 2 N–H and O–H groups in total. The van der Waals surface area contributed by atoms with Gasteiger partial charge in [-0.3, -0.25) is 4.79 Å². The van der Waals surface area contributed by atoms with Crippen LogP contribution in [0, 0.1) is 17.3 Å². The Morgan fingerprint density at radius 1 is 1.31 bits per heavy atom. The van der Waals surface area contributed by atoms with Crippen LogP contribution in [-0.2, 0) is 9.53 Å². The molecule has 1 aromatic carbocycles. The first-order valence-electron chi connectivity index (χ1n) is 9.96. The third-order valence-corrected chi connectivity index (χ3v) is 6.77. The molecule has 3 aliphatic rings. The third kappa shape index (κ3) is 3.03. The molecule has 1 fully saturated rings. The second-order valence-electron chi connectivity index (χ2n) is 8.60. The van der Waals surface area contributed by atoms with Crippen molar-refractivity contribution in [2.24, 2.45) is 17.3 Å². The number of quaternary nitrogens is 1. The molecule has 26 heavy (non-hydrogen) atoms. The molecule has 1 saturated heterocycles. The van der Waals surface area contributed by atoms with Crippen LogP contribution in [0.25, 0.3) is 0 Å². The van der Waals surface area contributed by atoms with Crippen molar-refractivity contribution < 1.29 is 14.8 Å². The Morgan fingerprint density at radius 2 is 2.08 bits per heavy atom. The number of rotatable bonds is 4. The molecule has 5 atom stereocenters. The SMILES string of the molecule is CC1=CCC[C@]2(C)C[C@H]3OC(=O)[C@H](C[NH2+][C@@H](C)c4ccccc4)[C@H]3C=C12. The van der Waals surface area contributed by atoms with E-state index in [0.29, 0.717) is 6.04 Å². The van der Waals surface area contributed by atoms with Crippen LogP contribution in [0.3, 0.4) is 0 Å². The Bertz CT molecular complexity index is 751. The van der Waals surface area contributed by atoms with Gasteiger partial charge in [-0.2, -0.15) is 0 Å². The predicted octanol–water partition coefficient (Wildman–Crippen LogP) is 3.55. The zero-order valence-electron chi connectivity index (χ0n) is 16.1. The largest absolute Gasteiger partial charge is 0.461 e. The van der Waals surface area contributed by atoms with Gasteiger partial charge in [-0.15, -0.1) is 0 Å². The Hall–Kier alpha value is -1.87. The van der Waals surface area contributed by atoms with Gasteiger partial charge in [0.2, 0.25) is 0 Å². The van der Waals surface area contributed by atoms with E-state index in [1.54, 1.807) is 0 Å². The molecular formula is C23H30NO2+. The average Bonchev–Trinajstić information content (AvgIpc) is 2.92. The number of nitrogens with two attached hydrogens (primary N) is 1. The molecule has 2 aliphatic carbocycles. The number of allylic oxidation sites excluding steroid dienone is 3. The number of hydrogen-bond donors (Lipinski definition) is 1. The van der Waals surface area contributed by atoms with Gasteiger partial charge in [0.05, 0.1) is 6.54 Å². The van der Waals surface area contributed by atoms with Crippen LogP contribution in [0.15, 0.2) is 53.6 Å². The summed E-state index contributed by atoms with van der Waals surface area (Å²) in [4.78, 5) is 12.6. The number of esters is 1. The quantitative estimate of drug-likeness (QED) is 0.842. The molecule has 1 heterocycles. The topological polar surface area (TPSA) is 42.9 Å². The highest BCUT2D eigenvalue weighted by molar-refractivity contribution is 5.76. The summed E-state index contributed by atoms with van der Waals surface area (Å²) < 4.78 is 5.84. The van der Waals surface area contributed by atoms with E-state index in [2.05, 4.69) is 62.5 Å². The van der Waals surface area contributed by atoms with E-state index in [-0.39, 0.29) is 29.3 Å². The molecule has 1 aromatic rings. The van der Waals surface area contributed by atoms with Crippen molar-refractivity contribution >= 4 is 5.97 Å². The Balaban J connectivity index is 1.52. The number of ether oxygens (including phenoxy) is 1. The average molecular weight is 352 g/mol. The minimum absolute atomic E-state index is 0.00255. The molecule has 0 amide bonds. The van der Waals surface area contributed by atoms with Gasteiger partial charge in [-0.1, -0.05) is 55.0 Å². The van der Waals surface area contributed by atoms with E-state index in [9.17, 15) is 4.79 Å². The van der Waals surface area contributed by atoms with Crippen LogP contribution >= 0.6 is 0 Å². The summed E-state index contributed by atoms with van der Waals surface area (Å²) in [6, 6.07) is 10.8. The molecular weight excluding hydrogens is 322 g/mol. The highest BCUT2D eigenvalue weighted by atomic mass is 16.6. The summed E-state index contributed by atoms with van der Waals surface area (Å²) >= 11 is 0. The van der Waals surface area contributed by atoms with Gasteiger partial charge < -0.3 is 10.1 Å². The van der Waals surface area contributed by atoms with Crippen LogP contribution in [0.1, 0.15) is 51.6 Å². The van der Waals surface area contributed by atoms with Gasteiger partial charge in [0.25, 0.3) is 0 Å². The Morgan fingerprint density at radius 3 is 2.85 bits per heavy atom. The first-order valence-corrected chi connectivity index (χ1v) is 9.96. The van der Waals surface area contributed by atoms with Crippen molar-refractivity contribution in [1.29, 1.82) is 0 Å². The van der Waals surface area contributed by atoms with Gasteiger partial charge in [0.15, 0.2) is 0 Å². The molecule has 0 spiro atoms. The molecule has 3 heteroatoms. The first-order chi connectivity index (χ1) is 12.5. The van der Waals surface area contributed by atoms with Crippen molar-refractivity contribution in [2.45, 2.75) is 52.2 Å². The summed E-state index contributed by atoms with van der Waals surface area (Å²) in [6.45, 7) is 7.56. The maximum atomic E-state index is 12.6. The van der Waals surface area contributed by atoms with E-state index >= 15 is 0 Å². The lowest BCUT2D eigenvalue weighted by Crippen LogP contribution is -2.86. The number of benzene rings is 1. The van der Waals surface area contributed by atoms with E-state index < -0.39 is 0 Å². The smallest absolute Gasteiger partial charge is 0.315 e. The number of carbonyl (C=O) groups is 1. The van der Waals surface area contributed by atoms with Gasteiger partial charge in [-0.25, -0.2) is 0 Å². The van der Waals surface area contributed by atoms with Gasteiger partial charge >= 0.3 is 5.97 Å². The van der Waals surface area contributed by atoms with Crippen LogP contribution in [-0.4, -0.2) is 18.6 Å². The van der Waals surface area contributed by atoms with Crippen LogP contribution < -0.4 is 5.32 Å². The number of carbonyl (C=O) groups excluding carboxylic acids is 1. The van der Waals surface area contributed by atoms with Gasteiger partial charge in [0, 0.05) is 11.5 Å². The van der Waals surface area contributed by atoms with Crippen molar-refractivity contribution in [3.05, 3.63) is 59.2 Å². The fraction of sp³-hybridized carbons (Fsp3) is 0.522. The lowest BCUT2D eigenvalue weighted by Gasteiger charge is -2.42. The molecule has 0 unspecified atom stereocenters. The van der Waals surface area contributed by atoms with Crippen LogP contribution in [0.5, 0.6) is 0 Å². The lowest BCUT2D eigenvalue weighted by molar-refractivity contribution is -0.696. The van der Waals surface area contributed by atoms with E-state index in [1.165, 1.54) is 23.1 Å². The maximum absolute atomic E-state index is 12.6. The summed E-state index contributed by atoms with van der Waals surface area (Å²) in [6.07, 6.45) is 8.08. The highest BCUT2D eigenvalue weighted by Gasteiger charge is 2.51. The minimum Gasteiger partial charge on any atom is -0.461 e. The van der Waals surface area contributed by atoms with Crippen molar-refractivity contribution in [1.82, 2.24) is 0 Å². The normalized spacial score (nSPS) is 34.3. The minimum atomic E-state index is -0.0297. The van der Waals surface area contributed by atoms with Gasteiger partial charge in [-0.05, 0) is 44.1 Å². The molecule has 0 bridgehead atoms. The van der Waals surface area contributed by atoms with E-state index in [1.807, 2.05) is 6.07 Å². The van der Waals surface area contributed by atoms with Crippen molar-refractivity contribution in [3.8, 4) is 0 Å². The number of fused-ring (bicyclic) bond motifs is 2. The summed E-state index contributed by atoms with van der Waals surface area (Å²) in [5.41, 5.74) is 4.34. The summed E-state index contributed by atoms with van der Waals surface area (Å²) in [7, 11) is 0. The molecule has 0 aromatic heterocycles. The molecule has 0 saturated carbocycles. The summed E-state index contributed by atoms with van der Waals surface area (Å²) in [5, 5.41) is 2.29. The molecule has 1 aliphatic heterocycles. The molecule has 3 nitrogen and oxygen atoms in total. The Kier molecular flexibility index (Phi) is 4.52. The van der Waals surface area contributed by atoms with Crippen LogP contribution in [0.4, 0.5) is 0 Å². The number of hydrogen-bond acceptors (Lipinski definition) is 2. The monoisotopic (exact) mass is 352 g/mol. The first kappa shape index (κ1) is 17.5.